The molecule has 1 aromatic carbocycles. The van der Waals surface area contributed by atoms with Crippen LogP contribution in [0.1, 0.15) is 32.8 Å². The summed E-state index contributed by atoms with van der Waals surface area (Å²) in [6.45, 7) is 11.7. The average Bonchev–Trinajstić information content (AvgIpc) is 2.63. The number of anilines is 1. The maximum atomic E-state index is 13.1. The predicted molar refractivity (Wildman–Crippen MR) is 106 cm³/mol. The van der Waals surface area contributed by atoms with Crippen LogP contribution in [-0.2, 0) is 9.53 Å². The zero-order valence-electron chi connectivity index (χ0n) is 16.2. The van der Waals surface area contributed by atoms with Crippen molar-refractivity contribution in [3.8, 4) is 0 Å². The summed E-state index contributed by atoms with van der Waals surface area (Å²) < 4.78 is 5.75. The van der Waals surface area contributed by atoms with Gasteiger partial charge in [0.1, 0.15) is 5.54 Å². The lowest BCUT2D eigenvalue weighted by Crippen LogP contribution is -2.76. The Balaban J connectivity index is 1.65. The Hall–Kier alpha value is -1.30. The van der Waals surface area contributed by atoms with Gasteiger partial charge in [0, 0.05) is 55.3 Å². The number of hydrogen-bond acceptors (Lipinski definition) is 4. The van der Waals surface area contributed by atoms with Gasteiger partial charge in [-0.1, -0.05) is 31.5 Å². The van der Waals surface area contributed by atoms with Crippen LogP contribution in [0, 0.1) is 12.3 Å². The van der Waals surface area contributed by atoms with E-state index < -0.39 is 5.54 Å². The number of ether oxygens (including phenoxy) is 1. The van der Waals surface area contributed by atoms with Gasteiger partial charge in [0.15, 0.2) is 0 Å². The van der Waals surface area contributed by atoms with E-state index in [0.717, 1.165) is 23.8 Å². The van der Waals surface area contributed by atoms with Crippen LogP contribution in [-0.4, -0.2) is 55.2 Å². The second kappa shape index (κ2) is 7.02. The smallest absolute Gasteiger partial charge is 0.243 e. The Morgan fingerprint density at radius 2 is 1.96 bits per heavy atom. The molecule has 1 saturated heterocycles. The molecule has 0 aromatic heterocycles. The lowest BCUT2D eigenvalue weighted by molar-refractivity contribution is -0.179. The minimum absolute atomic E-state index is 0.0526. The number of piperazine rings is 1. The van der Waals surface area contributed by atoms with Crippen LogP contribution in [0.2, 0.25) is 5.02 Å². The molecule has 0 radical (unpaired) electrons. The largest absolute Gasteiger partial charge is 0.378 e. The maximum Gasteiger partial charge on any atom is 0.243 e. The van der Waals surface area contributed by atoms with Gasteiger partial charge in [-0.25, -0.2) is 0 Å². The zero-order chi connectivity index (χ0) is 19.1. The van der Waals surface area contributed by atoms with E-state index in [1.165, 1.54) is 5.56 Å². The average molecular weight is 380 g/mol. The van der Waals surface area contributed by atoms with E-state index in [0.29, 0.717) is 26.1 Å². The molecule has 2 fully saturated rings. The molecule has 2 atom stereocenters. The number of carbonyl (C=O) groups excluding carboxylic acids is 1. The molecular formula is C20H30ClN3O2. The Labute approximate surface area is 161 Å². The summed E-state index contributed by atoms with van der Waals surface area (Å²) in [6.07, 6.45) is 0.650. The minimum Gasteiger partial charge on any atom is -0.378 e. The van der Waals surface area contributed by atoms with Crippen LogP contribution in [0.15, 0.2) is 18.2 Å². The van der Waals surface area contributed by atoms with Crippen molar-refractivity contribution in [3.05, 3.63) is 28.8 Å². The van der Waals surface area contributed by atoms with E-state index >= 15 is 0 Å². The molecule has 1 aliphatic carbocycles. The fourth-order valence-electron chi connectivity index (χ4n) is 4.15. The van der Waals surface area contributed by atoms with Gasteiger partial charge in [0.25, 0.3) is 0 Å². The van der Waals surface area contributed by atoms with Gasteiger partial charge < -0.3 is 20.3 Å². The first-order valence-corrected chi connectivity index (χ1v) is 9.79. The summed E-state index contributed by atoms with van der Waals surface area (Å²) in [6, 6.07) is 5.95. The molecule has 3 rings (SSSR count). The van der Waals surface area contributed by atoms with E-state index in [2.05, 4.69) is 11.8 Å². The zero-order valence-corrected chi connectivity index (χ0v) is 17.0. The van der Waals surface area contributed by atoms with Gasteiger partial charge >= 0.3 is 0 Å². The monoisotopic (exact) mass is 379 g/mol. The van der Waals surface area contributed by atoms with Crippen molar-refractivity contribution in [1.29, 1.82) is 0 Å². The van der Waals surface area contributed by atoms with Crippen LogP contribution in [0.5, 0.6) is 0 Å². The first-order valence-electron chi connectivity index (χ1n) is 9.41. The summed E-state index contributed by atoms with van der Waals surface area (Å²) in [5.74, 6) is 0.0564. The Morgan fingerprint density at radius 1 is 1.31 bits per heavy atom. The van der Waals surface area contributed by atoms with Gasteiger partial charge in [-0.3, -0.25) is 4.79 Å². The fourth-order valence-corrected chi connectivity index (χ4v) is 4.32. The molecule has 2 N–H and O–H groups in total. The molecule has 6 heteroatoms. The summed E-state index contributed by atoms with van der Waals surface area (Å²) in [7, 11) is 0. The third-order valence-corrected chi connectivity index (χ3v) is 6.53. The maximum absolute atomic E-state index is 13.1. The Morgan fingerprint density at radius 3 is 2.54 bits per heavy atom. The summed E-state index contributed by atoms with van der Waals surface area (Å²) >= 11 is 6.15. The first-order chi connectivity index (χ1) is 12.2. The quantitative estimate of drug-likeness (QED) is 0.873. The highest BCUT2D eigenvalue weighted by atomic mass is 35.5. The molecule has 2 aliphatic rings. The molecule has 2 unspecified atom stereocenters. The SMILES string of the molecule is CCOC1CC(N)(C(=O)N2CCN(c3cc(Cl)ccc3C)CC2)C1(C)C. The van der Waals surface area contributed by atoms with Gasteiger partial charge in [0.05, 0.1) is 6.10 Å². The number of rotatable bonds is 4. The second-order valence-corrected chi connectivity index (χ2v) is 8.49. The van der Waals surface area contributed by atoms with E-state index in [4.69, 9.17) is 22.1 Å². The van der Waals surface area contributed by atoms with Gasteiger partial charge in [0.2, 0.25) is 5.91 Å². The van der Waals surface area contributed by atoms with Crippen molar-refractivity contribution >= 4 is 23.2 Å². The molecule has 1 amide bonds. The number of carbonyl (C=O) groups is 1. The molecule has 0 bridgehead atoms. The number of halogens is 1. The molecule has 26 heavy (non-hydrogen) atoms. The number of nitrogens with two attached hydrogens (primary N) is 1. The molecule has 144 valence electrons. The van der Waals surface area contributed by atoms with Crippen LogP contribution in [0.3, 0.4) is 0 Å². The Kier molecular flexibility index (Phi) is 5.26. The van der Waals surface area contributed by atoms with Crippen LogP contribution >= 0.6 is 11.6 Å². The molecular weight excluding hydrogens is 350 g/mol. The van der Waals surface area contributed by atoms with Crippen LogP contribution in [0.25, 0.3) is 0 Å². The Bertz CT molecular complexity index is 686. The standard InChI is InChI=1S/C20H30ClN3O2/c1-5-26-17-13-20(22,19(17,3)4)18(25)24-10-8-23(9-11-24)16-12-15(21)7-6-14(16)2/h6-7,12,17H,5,8-11,13,22H2,1-4H3. The third-order valence-electron chi connectivity index (χ3n) is 6.29. The van der Waals surface area contributed by atoms with Crippen LogP contribution < -0.4 is 10.6 Å². The van der Waals surface area contributed by atoms with E-state index in [-0.39, 0.29) is 17.4 Å². The number of aryl methyl sites for hydroxylation is 1. The second-order valence-electron chi connectivity index (χ2n) is 8.05. The first kappa shape index (κ1) is 19.5. The molecule has 1 saturated carbocycles. The van der Waals surface area contributed by atoms with Gasteiger partial charge in [-0.05, 0) is 31.5 Å². The number of amides is 1. The predicted octanol–water partition coefficient (Wildman–Crippen LogP) is 2.83. The minimum atomic E-state index is -0.832. The third kappa shape index (κ3) is 3.10. The molecule has 1 aromatic rings. The number of benzene rings is 1. The summed E-state index contributed by atoms with van der Waals surface area (Å²) in [5.41, 5.74) is 7.73. The number of hydrogen-bond donors (Lipinski definition) is 1. The van der Waals surface area contributed by atoms with E-state index in [1.54, 1.807) is 0 Å². The summed E-state index contributed by atoms with van der Waals surface area (Å²) in [5, 5.41) is 0.739. The topological polar surface area (TPSA) is 58.8 Å². The van der Waals surface area contributed by atoms with Crippen molar-refractivity contribution < 1.29 is 9.53 Å². The van der Waals surface area contributed by atoms with E-state index in [1.807, 2.05) is 43.9 Å². The van der Waals surface area contributed by atoms with E-state index in [9.17, 15) is 4.79 Å². The highest BCUT2D eigenvalue weighted by Crippen LogP contribution is 2.50. The molecule has 1 heterocycles. The lowest BCUT2D eigenvalue weighted by Gasteiger charge is -2.59. The highest BCUT2D eigenvalue weighted by Gasteiger charge is 2.63. The molecule has 0 spiro atoms. The summed E-state index contributed by atoms with van der Waals surface area (Å²) in [4.78, 5) is 17.3. The van der Waals surface area contributed by atoms with Crippen molar-refractivity contribution in [3.63, 3.8) is 0 Å². The molecule has 5 nitrogen and oxygen atoms in total. The van der Waals surface area contributed by atoms with Crippen molar-refractivity contribution in [2.75, 3.05) is 37.7 Å². The van der Waals surface area contributed by atoms with Crippen molar-refractivity contribution in [2.24, 2.45) is 11.1 Å². The molecule has 1 aliphatic heterocycles. The van der Waals surface area contributed by atoms with Gasteiger partial charge in [-0.2, -0.15) is 0 Å². The normalized spacial score (nSPS) is 28.0. The van der Waals surface area contributed by atoms with Crippen molar-refractivity contribution in [1.82, 2.24) is 4.90 Å². The van der Waals surface area contributed by atoms with Crippen LogP contribution in [0.4, 0.5) is 5.69 Å². The fraction of sp³-hybridized carbons (Fsp3) is 0.650. The highest BCUT2D eigenvalue weighted by molar-refractivity contribution is 6.30. The lowest BCUT2D eigenvalue weighted by atomic mass is 9.54. The van der Waals surface area contributed by atoms with Crippen molar-refractivity contribution in [2.45, 2.75) is 45.8 Å². The number of nitrogens with zero attached hydrogens (tertiary/aromatic N) is 2. The van der Waals surface area contributed by atoms with Gasteiger partial charge in [-0.15, -0.1) is 0 Å².